The van der Waals surface area contributed by atoms with E-state index in [9.17, 15) is 0 Å². The number of hydrogen-bond acceptors (Lipinski definition) is 5. The summed E-state index contributed by atoms with van der Waals surface area (Å²) in [4.78, 5) is 8.39. The minimum Gasteiger partial charge on any atom is -0.480 e. The van der Waals surface area contributed by atoms with Gasteiger partial charge < -0.3 is 15.8 Å². The highest BCUT2D eigenvalue weighted by atomic mass is 79.9. The largest absolute Gasteiger partial charge is 0.480 e. The molecule has 6 heteroatoms. The van der Waals surface area contributed by atoms with Gasteiger partial charge in [0.1, 0.15) is 0 Å². The van der Waals surface area contributed by atoms with Gasteiger partial charge in [-0.3, -0.25) is 0 Å². The molecule has 0 unspecified atom stereocenters. The normalized spacial score (nSPS) is 16.9. The summed E-state index contributed by atoms with van der Waals surface area (Å²) in [6.45, 7) is 1.54. The number of nitrogens with two attached hydrogens (primary N) is 1. The molecule has 16 heavy (non-hydrogen) atoms. The summed E-state index contributed by atoms with van der Waals surface area (Å²) in [5.74, 6) is 1.12. The zero-order valence-electron chi connectivity index (χ0n) is 9.16. The van der Waals surface area contributed by atoms with Crippen LogP contribution < -0.4 is 15.8 Å². The number of nitrogens with zero attached hydrogens (tertiary/aromatic N) is 2. The molecule has 1 fully saturated rings. The Hall–Kier alpha value is -0.880. The number of methoxy groups -OCH3 is 1. The molecule has 0 spiro atoms. The van der Waals surface area contributed by atoms with Crippen molar-refractivity contribution in [2.24, 2.45) is 11.1 Å². The van der Waals surface area contributed by atoms with Crippen LogP contribution in [0.15, 0.2) is 10.7 Å². The van der Waals surface area contributed by atoms with Gasteiger partial charge in [-0.15, -0.1) is 0 Å². The Bertz CT molecular complexity index is 381. The molecule has 1 heterocycles. The van der Waals surface area contributed by atoms with Crippen molar-refractivity contribution in [3.8, 4) is 5.88 Å². The summed E-state index contributed by atoms with van der Waals surface area (Å²) >= 11 is 3.31. The first-order chi connectivity index (χ1) is 7.69. The Kier molecular flexibility index (Phi) is 3.30. The highest BCUT2D eigenvalue weighted by Gasteiger charge is 2.40. The van der Waals surface area contributed by atoms with E-state index in [0.717, 1.165) is 11.0 Å². The van der Waals surface area contributed by atoms with Crippen molar-refractivity contribution >= 4 is 21.9 Å². The lowest BCUT2D eigenvalue weighted by Gasteiger charge is -2.13. The van der Waals surface area contributed by atoms with Gasteiger partial charge in [0, 0.05) is 6.54 Å². The van der Waals surface area contributed by atoms with Crippen LogP contribution in [-0.4, -0.2) is 30.2 Å². The van der Waals surface area contributed by atoms with Crippen molar-refractivity contribution < 1.29 is 4.74 Å². The maximum Gasteiger partial charge on any atom is 0.232 e. The summed E-state index contributed by atoms with van der Waals surface area (Å²) in [6.07, 6.45) is 4.05. The van der Waals surface area contributed by atoms with Crippen molar-refractivity contribution in [1.29, 1.82) is 0 Å². The van der Waals surface area contributed by atoms with Crippen molar-refractivity contribution in [3.63, 3.8) is 0 Å². The standard InChI is InChI=1S/C10H15BrN4O/c1-16-8-7(11)4-13-9(15-8)14-6-10(5-12)2-3-10/h4H,2-3,5-6,12H2,1H3,(H,13,14,15). The van der Waals surface area contributed by atoms with Gasteiger partial charge in [-0.05, 0) is 40.7 Å². The molecule has 3 N–H and O–H groups in total. The van der Waals surface area contributed by atoms with Crippen molar-refractivity contribution in [1.82, 2.24) is 9.97 Å². The van der Waals surface area contributed by atoms with Gasteiger partial charge >= 0.3 is 0 Å². The molecule has 0 aromatic carbocycles. The second-order valence-corrected chi connectivity index (χ2v) is 4.96. The van der Waals surface area contributed by atoms with Gasteiger partial charge in [-0.1, -0.05) is 0 Å². The Morgan fingerprint density at radius 2 is 2.38 bits per heavy atom. The average molecular weight is 287 g/mol. The van der Waals surface area contributed by atoms with Crippen LogP contribution in [0, 0.1) is 5.41 Å². The van der Waals surface area contributed by atoms with E-state index in [0.29, 0.717) is 18.4 Å². The molecule has 88 valence electrons. The quantitative estimate of drug-likeness (QED) is 0.856. The van der Waals surface area contributed by atoms with E-state index in [1.165, 1.54) is 12.8 Å². The van der Waals surface area contributed by atoms with Gasteiger partial charge in [0.2, 0.25) is 11.8 Å². The maximum atomic E-state index is 5.70. The summed E-state index contributed by atoms with van der Waals surface area (Å²) in [5.41, 5.74) is 5.97. The third kappa shape index (κ3) is 2.44. The second-order valence-electron chi connectivity index (χ2n) is 4.11. The molecule has 2 rings (SSSR count). The number of nitrogens with one attached hydrogen (secondary N) is 1. The Labute approximate surface area is 103 Å². The molecule has 0 radical (unpaired) electrons. The highest BCUT2D eigenvalue weighted by molar-refractivity contribution is 9.10. The molecule has 0 atom stereocenters. The third-order valence-corrected chi connectivity index (χ3v) is 3.46. The number of anilines is 1. The number of hydrogen-bond donors (Lipinski definition) is 2. The first kappa shape index (κ1) is 11.6. The van der Waals surface area contributed by atoms with Crippen molar-refractivity contribution in [2.45, 2.75) is 12.8 Å². The Morgan fingerprint density at radius 3 is 2.94 bits per heavy atom. The number of halogens is 1. The van der Waals surface area contributed by atoms with Crippen LogP contribution in [-0.2, 0) is 0 Å². The van der Waals surface area contributed by atoms with Crippen molar-refractivity contribution in [3.05, 3.63) is 10.7 Å². The van der Waals surface area contributed by atoms with Crippen LogP contribution >= 0.6 is 15.9 Å². The molecule has 0 saturated heterocycles. The van der Waals surface area contributed by atoms with E-state index in [2.05, 4.69) is 31.2 Å². The average Bonchev–Trinajstić information content (AvgIpc) is 3.09. The van der Waals surface area contributed by atoms with Crippen LogP contribution in [0.2, 0.25) is 0 Å². The molecule has 1 aliphatic carbocycles. The van der Waals surface area contributed by atoms with Crippen molar-refractivity contribution in [2.75, 3.05) is 25.5 Å². The minimum absolute atomic E-state index is 0.268. The first-order valence-electron chi connectivity index (χ1n) is 5.20. The molecule has 0 aliphatic heterocycles. The fourth-order valence-corrected chi connectivity index (χ4v) is 1.83. The Balaban J connectivity index is 1.99. The predicted octanol–water partition coefficient (Wildman–Crippen LogP) is 1.40. The molecular weight excluding hydrogens is 272 g/mol. The van der Waals surface area contributed by atoms with Crippen LogP contribution in [0.4, 0.5) is 5.95 Å². The topological polar surface area (TPSA) is 73.1 Å². The summed E-state index contributed by atoms with van der Waals surface area (Å²) in [6, 6.07) is 0. The number of ether oxygens (including phenoxy) is 1. The van der Waals surface area contributed by atoms with E-state index in [1.807, 2.05) is 0 Å². The van der Waals surface area contributed by atoms with Crippen LogP contribution in [0.1, 0.15) is 12.8 Å². The molecular formula is C10H15BrN4O. The summed E-state index contributed by atoms with van der Waals surface area (Å²) < 4.78 is 5.85. The summed E-state index contributed by atoms with van der Waals surface area (Å²) in [5, 5.41) is 3.20. The molecule has 1 aromatic heterocycles. The molecule has 5 nitrogen and oxygen atoms in total. The maximum absolute atomic E-state index is 5.70. The van der Waals surface area contributed by atoms with Gasteiger partial charge in [-0.2, -0.15) is 4.98 Å². The molecule has 1 aliphatic rings. The fraction of sp³-hybridized carbons (Fsp3) is 0.600. The smallest absolute Gasteiger partial charge is 0.232 e. The fourth-order valence-electron chi connectivity index (χ4n) is 1.48. The monoisotopic (exact) mass is 286 g/mol. The van der Waals surface area contributed by atoms with Gasteiger partial charge in [0.25, 0.3) is 0 Å². The third-order valence-electron chi connectivity index (χ3n) is 2.92. The Morgan fingerprint density at radius 1 is 1.62 bits per heavy atom. The predicted molar refractivity (Wildman–Crippen MR) is 65.5 cm³/mol. The number of aromatic nitrogens is 2. The van der Waals surface area contributed by atoms with E-state index in [1.54, 1.807) is 13.3 Å². The lowest BCUT2D eigenvalue weighted by Crippen LogP contribution is -2.24. The molecule has 1 aromatic rings. The van der Waals surface area contributed by atoms with Crippen LogP contribution in [0.5, 0.6) is 5.88 Å². The van der Waals surface area contributed by atoms with Gasteiger partial charge in [0.05, 0.1) is 17.8 Å². The molecule has 0 amide bonds. The van der Waals surface area contributed by atoms with E-state index >= 15 is 0 Å². The summed E-state index contributed by atoms with van der Waals surface area (Å²) in [7, 11) is 1.58. The molecule has 0 bridgehead atoms. The first-order valence-corrected chi connectivity index (χ1v) is 5.99. The zero-order valence-corrected chi connectivity index (χ0v) is 10.7. The zero-order chi connectivity index (χ0) is 11.6. The van der Waals surface area contributed by atoms with E-state index in [-0.39, 0.29) is 5.41 Å². The minimum atomic E-state index is 0.268. The highest BCUT2D eigenvalue weighted by Crippen LogP contribution is 2.44. The number of rotatable bonds is 5. The van der Waals surface area contributed by atoms with Gasteiger partial charge in [-0.25, -0.2) is 4.98 Å². The van der Waals surface area contributed by atoms with Crippen LogP contribution in [0.3, 0.4) is 0 Å². The second kappa shape index (κ2) is 4.55. The molecule has 1 saturated carbocycles. The van der Waals surface area contributed by atoms with Crippen LogP contribution in [0.25, 0.3) is 0 Å². The SMILES string of the molecule is COc1nc(NCC2(CN)CC2)ncc1Br. The lowest BCUT2D eigenvalue weighted by atomic mass is 10.1. The van der Waals surface area contributed by atoms with E-state index in [4.69, 9.17) is 10.5 Å². The van der Waals surface area contributed by atoms with Gasteiger partial charge in [0.15, 0.2) is 0 Å². The van der Waals surface area contributed by atoms with E-state index < -0.39 is 0 Å². The lowest BCUT2D eigenvalue weighted by molar-refractivity contribution is 0.394.